The summed E-state index contributed by atoms with van der Waals surface area (Å²) in [4.78, 5) is 16.5. The van der Waals surface area contributed by atoms with E-state index in [2.05, 4.69) is 4.98 Å². The van der Waals surface area contributed by atoms with Crippen LogP contribution >= 0.6 is 0 Å². The molecule has 0 N–H and O–H groups in total. The van der Waals surface area contributed by atoms with E-state index in [1.807, 2.05) is 69.3 Å². The number of esters is 1. The average Bonchev–Trinajstić information content (AvgIpc) is 2.59. The molecule has 3 rings (SSSR count). The van der Waals surface area contributed by atoms with E-state index >= 15 is 0 Å². The monoisotopic (exact) mass is 335 g/mol. The molecular weight excluding hydrogens is 314 g/mol. The highest BCUT2D eigenvalue weighted by Gasteiger charge is 2.10. The largest absolute Gasteiger partial charge is 0.481 e. The first kappa shape index (κ1) is 17.0. The fraction of sp³-hybridized carbons (Fsp3) is 0.238. The van der Waals surface area contributed by atoms with Gasteiger partial charge >= 0.3 is 5.97 Å². The second-order valence-corrected chi connectivity index (χ2v) is 6.17. The van der Waals surface area contributed by atoms with Crippen LogP contribution in [0.1, 0.15) is 22.4 Å². The number of pyridine rings is 1. The molecule has 4 heteroatoms. The summed E-state index contributed by atoms with van der Waals surface area (Å²) < 4.78 is 10.9. The Balaban J connectivity index is 1.57. The van der Waals surface area contributed by atoms with Gasteiger partial charge in [-0.1, -0.05) is 42.0 Å². The molecule has 4 nitrogen and oxygen atoms in total. The van der Waals surface area contributed by atoms with Gasteiger partial charge in [-0.2, -0.15) is 0 Å². The summed E-state index contributed by atoms with van der Waals surface area (Å²) in [6, 6.07) is 15.7. The van der Waals surface area contributed by atoms with E-state index in [1.165, 1.54) is 5.56 Å². The molecular formula is C21H21NO3. The number of carbonyl (C=O) groups is 1. The fourth-order valence-corrected chi connectivity index (χ4v) is 2.91. The van der Waals surface area contributed by atoms with Crippen molar-refractivity contribution in [1.82, 2.24) is 4.98 Å². The van der Waals surface area contributed by atoms with Gasteiger partial charge in [0.15, 0.2) is 6.61 Å². The number of aryl methyl sites for hydroxylation is 3. The van der Waals surface area contributed by atoms with E-state index in [9.17, 15) is 4.79 Å². The van der Waals surface area contributed by atoms with Gasteiger partial charge in [0.25, 0.3) is 0 Å². The predicted octanol–water partition coefficient (Wildman–Crippen LogP) is 4.28. The summed E-state index contributed by atoms with van der Waals surface area (Å²) in [6.45, 7) is 6.01. The molecule has 0 amide bonds. The molecule has 0 spiro atoms. The molecule has 25 heavy (non-hydrogen) atoms. The van der Waals surface area contributed by atoms with E-state index in [0.717, 1.165) is 33.5 Å². The van der Waals surface area contributed by atoms with E-state index in [1.54, 1.807) is 0 Å². The van der Waals surface area contributed by atoms with Crippen molar-refractivity contribution in [2.75, 3.05) is 6.61 Å². The third kappa shape index (κ3) is 4.15. The Kier molecular flexibility index (Phi) is 4.98. The minimum absolute atomic E-state index is 0.113. The third-order valence-electron chi connectivity index (χ3n) is 3.98. The average molecular weight is 335 g/mol. The van der Waals surface area contributed by atoms with Crippen molar-refractivity contribution in [2.45, 2.75) is 27.4 Å². The second kappa shape index (κ2) is 7.34. The molecule has 0 aliphatic rings. The third-order valence-corrected chi connectivity index (χ3v) is 3.98. The van der Waals surface area contributed by atoms with E-state index in [4.69, 9.17) is 9.47 Å². The highest BCUT2D eigenvalue weighted by molar-refractivity contribution is 5.78. The van der Waals surface area contributed by atoms with Crippen molar-refractivity contribution < 1.29 is 14.3 Å². The van der Waals surface area contributed by atoms with Gasteiger partial charge in [-0.25, -0.2) is 9.78 Å². The number of aromatic nitrogens is 1. The molecule has 0 radical (unpaired) electrons. The van der Waals surface area contributed by atoms with Crippen molar-refractivity contribution in [3.63, 3.8) is 0 Å². The van der Waals surface area contributed by atoms with Crippen LogP contribution < -0.4 is 4.74 Å². The number of hydrogen-bond donors (Lipinski definition) is 0. The first-order valence-electron chi connectivity index (χ1n) is 8.24. The van der Waals surface area contributed by atoms with Crippen LogP contribution in [0, 0.1) is 20.8 Å². The molecule has 0 bridgehead atoms. The molecule has 0 fully saturated rings. The summed E-state index contributed by atoms with van der Waals surface area (Å²) in [5.41, 5.74) is 4.81. The van der Waals surface area contributed by atoms with Gasteiger partial charge in [0.2, 0.25) is 0 Å². The first-order valence-corrected chi connectivity index (χ1v) is 8.24. The van der Waals surface area contributed by atoms with Gasteiger partial charge in [-0.3, -0.25) is 0 Å². The molecule has 3 aromatic rings. The van der Waals surface area contributed by atoms with Crippen molar-refractivity contribution in [1.29, 1.82) is 0 Å². The molecule has 1 heterocycles. The highest BCUT2D eigenvalue weighted by Crippen LogP contribution is 2.24. The van der Waals surface area contributed by atoms with Crippen LogP contribution in [-0.4, -0.2) is 17.6 Å². The van der Waals surface area contributed by atoms with Gasteiger partial charge in [-0.15, -0.1) is 0 Å². The zero-order valence-corrected chi connectivity index (χ0v) is 14.7. The van der Waals surface area contributed by atoms with Crippen molar-refractivity contribution in [3.05, 3.63) is 70.9 Å². The molecule has 0 atom stereocenters. The van der Waals surface area contributed by atoms with Crippen LogP contribution in [0.3, 0.4) is 0 Å². The van der Waals surface area contributed by atoms with Crippen LogP contribution in [0.15, 0.2) is 48.5 Å². The van der Waals surface area contributed by atoms with Gasteiger partial charge < -0.3 is 9.47 Å². The number of benzene rings is 2. The molecule has 0 saturated carbocycles. The SMILES string of the molecule is Cc1cc(C)c(OCC(=O)OCc2ccc3ccccc3n2)c(C)c1. The van der Waals surface area contributed by atoms with Gasteiger partial charge in [0.05, 0.1) is 11.2 Å². The predicted molar refractivity (Wildman–Crippen MR) is 97.7 cm³/mol. The number of nitrogens with zero attached hydrogens (tertiary/aromatic N) is 1. The van der Waals surface area contributed by atoms with E-state index < -0.39 is 5.97 Å². The van der Waals surface area contributed by atoms with Crippen LogP contribution in [0.25, 0.3) is 10.9 Å². The Morgan fingerprint density at radius 3 is 2.48 bits per heavy atom. The minimum Gasteiger partial charge on any atom is -0.481 e. The zero-order chi connectivity index (χ0) is 17.8. The van der Waals surface area contributed by atoms with Crippen LogP contribution in [0.2, 0.25) is 0 Å². The lowest BCUT2D eigenvalue weighted by atomic mass is 10.1. The summed E-state index contributed by atoms with van der Waals surface area (Å²) in [5.74, 6) is 0.334. The lowest BCUT2D eigenvalue weighted by Crippen LogP contribution is -2.16. The van der Waals surface area contributed by atoms with Crippen molar-refractivity contribution in [3.8, 4) is 5.75 Å². The van der Waals surface area contributed by atoms with E-state index in [-0.39, 0.29) is 13.2 Å². The summed E-state index contributed by atoms with van der Waals surface area (Å²) in [6.07, 6.45) is 0. The Morgan fingerprint density at radius 1 is 1.00 bits per heavy atom. The summed E-state index contributed by atoms with van der Waals surface area (Å²) in [7, 11) is 0. The number of rotatable bonds is 5. The lowest BCUT2D eigenvalue weighted by molar-refractivity contribution is -0.147. The lowest BCUT2D eigenvalue weighted by Gasteiger charge is -2.12. The molecule has 2 aromatic carbocycles. The van der Waals surface area contributed by atoms with Crippen LogP contribution in [0.5, 0.6) is 5.75 Å². The number of para-hydroxylation sites is 1. The Morgan fingerprint density at radius 2 is 1.72 bits per heavy atom. The van der Waals surface area contributed by atoms with Gasteiger partial charge in [0, 0.05) is 5.39 Å². The van der Waals surface area contributed by atoms with E-state index in [0.29, 0.717) is 0 Å². The molecule has 0 aliphatic heterocycles. The number of ether oxygens (including phenoxy) is 2. The fourth-order valence-electron chi connectivity index (χ4n) is 2.91. The Hall–Kier alpha value is -2.88. The molecule has 0 unspecified atom stereocenters. The zero-order valence-electron chi connectivity index (χ0n) is 14.7. The maximum absolute atomic E-state index is 12.0. The number of hydrogen-bond acceptors (Lipinski definition) is 4. The standard InChI is InChI=1S/C21H21NO3/c1-14-10-15(2)21(16(3)11-14)25-13-20(23)24-12-18-9-8-17-6-4-5-7-19(17)22-18/h4-11H,12-13H2,1-3H3. The molecule has 0 saturated heterocycles. The summed E-state index contributed by atoms with van der Waals surface area (Å²) in [5, 5.41) is 1.06. The van der Waals surface area contributed by atoms with Gasteiger partial charge in [0.1, 0.15) is 12.4 Å². The van der Waals surface area contributed by atoms with Crippen molar-refractivity contribution in [2.24, 2.45) is 0 Å². The highest BCUT2D eigenvalue weighted by atomic mass is 16.6. The second-order valence-electron chi connectivity index (χ2n) is 6.17. The normalized spacial score (nSPS) is 10.7. The van der Waals surface area contributed by atoms with Gasteiger partial charge in [-0.05, 0) is 44.0 Å². The minimum atomic E-state index is -0.408. The quantitative estimate of drug-likeness (QED) is 0.653. The van der Waals surface area contributed by atoms with Crippen LogP contribution in [0.4, 0.5) is 0 Å². The number of carbonyl (C=O) groups excluding carboxylic acids is 1. The maximum Gasteiger partial charge on any atom is 0.344 e. The topological polar surface area (TPSA) is 48.4 Å². The Labute approximate surface area is 147 Å². The molecule has 1 aromatic heterocycles. The first-order chi connectivity index (χ1) is 12.0. The number of fused-ring (bicyclic) bond motifs is 1. The van der Waals surface area contributed by atoms with Crippen LogP contribution in [-0.2, 0) is 16.1 Å². The van der Waals surface area contributed by atoms with Crippen molar-refractivity contribution >= 4 is 16.9 Å². The molecule has 128 valence electrons. The maximum atomic E-state index is 12.0. The molecule has 0 aliphatic carbocycles. The smallest absolute Gasteiger partial charge is 0.344 e. The summed E-state index contributed by atoms with van der Waals surface area (Å²) >= 11 is 0. The Bertz CT molecular complexity index is 895.